The monoisotopic (exact) mass is 322 g/mol. The van der Waals surface area contributed by atoms with Crippen molar-refractivity contribution in [2.24, 2.45) is 7.05 Å². The molecule has 1 aromatic heterocycles. The van der Waals surface area contributed by atoms with Crippen molar-refractivity contribution in [3.63, 3.8) is 0 Å². The average Bonchev–Trinajstić information content (AvgIpc) is 2.51. The molecule has 2 rings (SSSR count). The Morgan fingerprint density at radius 2 is 2.12 bits per heavy atom. The van der Waals surface area contributed by atoms with Crippen LogP contribution in [0.2, 0.25) is 0 Å². The van der Waals surface area contributed by atoms with E-state index in [9.17, 15) is 0 Å². The van der Waals surface area contributed by atoms with Crippen molar-refractivity contribution < 1.29 is 0 Å². The van der Waals surface area contributed by atoms with Crippen LogP contribution >= 0.6 is 28.3 Å². The zero-order valence-electron chi connectivity index (χ0n) is 10.4. The van der Waals surface area contributed by atoms with E-state index in [2.05, 4.69) is 31.2 Å². The van der Waals surface area contributed by atoms with Gasteiger partial charge in [0.25, 0.3) is 0 Å². The molecule has 98 valence electrons. The van der Waals surface area contributed by atoms with E-state index in [0.717, 1.165) is 36.3 Å². The van der Waals surface area contributed by atoms with Gasteiger partial charge >= 0.3 is 0 Å². The van der Waals surface area contributed by atoms with E-state index in [-0.39, 0.29) is 12.4 Å². The molecule has 1 fully saturated rings. The first kappa shape index (κ1) is 15.0. The van der Waals surface area contributed by atoms with Crippen molar-refractivity contribution in [3.8, 4) is 0 Å². The molecular weight excluding hydrogens is 304 g/mol. The molecule has 0 spiro atoms. The highest BCUT2D eigenvalue weighted by Crippen LogP contribution is 2.21. The van der Waals surface area contributed by atoms with E-state index in [1.807, 2.05) is 18.7 Å². The Hall–Kier alpha value is -0.100. The second kappa shape index (κ2) is 6.73. The van der Waals surface area contributed by atoms with Crippen LogP contribution in [0.3, 0.4) is 0 Å². The maximum Gasteiger partial charge on any atom is 0.0739 e. The minimum atomic E-state index is 0. The quantitative estimate of drug-likeness (QED) is 0.899. The minimum absolute atomic E-state index is 0. The number of halogens is 2. The van der Waals surface area contributed by atoms with E-state index >= 15 is 0 Å². The molecule has 1 aliphatic rings. The van der Waals surface area contributed by atoms with Crippen molar-refractivity contribution >= 4 is 28.3 Å². The summed E-state index contributed by atoms with van der Waals surface area (Å²) in [5.74, 6) is 0. The normalized spacial score (nSPS) is 17.6. The summed E-state index contributed by atoms with van der Waals surface area (Å²) in [4.78, 5) is 2.49. The third-order valence-electron chi connectivity index (χ3n) is 3.07. The Bertz CT molecular complexity index is 359. The highest BCUT2D eigenvalue weighted by Gasteiger charge is 2.15. The van der Waals surface area contributed by atoms with Crippen LogP contribution in [0.4, 0.5) is 0 Å². The molecule has 0 atom stereocenters. The predicted octanol–water partition coefficient (Wildman–Crippen LogP) is 1.71. The van der Waals surface area contributed by atoms with Crippen molar-refractivity contribution in [1.29, 1.82) is 0 Å². The fraction of sp³-hybridized carbons (Fsp3) is 0.727. The van der Waals surface area contributed by atoms with E-state index in [1.54, 1.807) is 0 Å². The predicted molar refractivity (Wildman–Crippen MR) is 75.7 cm³/mol. The molecule has 1 N–H and O–H groups in total. The van der Waals surface area contributed by atoms with Gasteiger partial charge in [0.1, 0.15) is 0 Å². The molecular formula is C11H20BrClN4. The van der Waals surface area contributed by atoms with Crippen LogP contribution in [0.15, 0.2) is 4.47 Å². The highest BCUT2D eigenvalue weighted by atomic mass is 79.9. The molecule has 6 heteroatoms. The summed E-state index contributed by atoms with van der Waals surface area (Å²) in [5, 5.41) is 7.85. The first-order chi connectivity index (χ1) is 7.68. The molecule has 0 bridgehead atoms. The molecule has 4 nitrogen and oxygen atoms in total. The Kier molecular flexibility index (Phi) is 5.92. The average molecular weight is 324 g/mol. The van der Waals surface area contributed by atoms with Gasteiger partial charge in [-0.3, -0.25) is 9.58 Å². The summed E-state index contributed by atoms with van der Waals surface area (Å²) in [6, 6.07) is 0. The maximum atomic E-state index is 4.43. The number of aromatic nitrogens is 2. The zero-order valence-corrected chi connectivity index (χ0v) is 12.8. The Morgan fingerprint density at radius 1 is 1.35 bits per heavy atom. The lowest BCUT2D eigenvalue weighted by Crippen LogP contribution is -2.28. The van der Waals surface area contributed by atoms with Gasteiger partial charge < -0.3 is 5.32 Å². The fourth-order valence-electron chi connectivity index (χ4n) is 2.12. The van der Waals surface area contributed by atoms with Gasteiger partial charge in [0.05, 0.1) is 15.9 Å². The number of nitrogens with zero attached hydrogens (tertiary/aromatic N) is 3. The molecule has 1 aliphatic heterocycles. The van der Waals surface area contributed by atoms with Crippen LogP contribution in [0.5, 0.6) is 0 Å². The third-order valence-corrected chi connectivity index (χ3v) is 4.10. The van der Waals surface area contributed by atoms with Crippen LogP contribution < -0.4 is 5.32 Å². The Balaban J connectivity index is 0.00000144. The largest absolute Gasteiger partial charge is 0.315 e. The van der Waals surface area contributed by atoms with Gasteiger partial charge in [-0.2, -0.15) is 5.10 Å². The van der Waals surface area contributed by atoms with Gasteiger partial charge in [-0.15, -0.1) is 12.4 Å². The molecule has 0 aliphatic carbocycles. The second-order valence-corrected chi connectivity index (χ2v) is 5.14. The highest BCUT2D eigenvalue weighted by molar-refractivity contribution is 9.10. The van der Waals surface area contributed by atoms with E-state index < -0.39 is 0 Å². The van der Waals surface area contributed by atoms with Crippen molar-refractivity contribution in [2.75, 3.05) is 26.2 Å². The number of hydrogen-bond acceptors (Lipinski definition) is 3. The summed E-state index contributed by atoms with van der Waals surface area (Å²) in [6.07, 6.45) is 1.23. The summed E-state index contributed by atoms with van der Waals surface area (Å²) in [7, 11) is 2.02. The van der Waals surface area contributed by atoms with Crippen LogP contribution in [0, 0.1) is 6.92 Å². The van der Waals surface area contributed by atoms with Crippen LogP contribution in [0.25, 0.3) is 0 Å². The van der Waals surface area contributed by atoms with Crippen LogP contribution in [-0.2, 0) is 13.6 Å². The zero-order chi connectivity index (χ0) is 11.5. The maximum absolute atomic E-state index is 4.43. The second-order valence-electron chi connectivity index (χ2n) is 4.35. The number of hydrogen-bond donors (Lipinski definition) is 1. The van der Waals surface area contributed by atoms with Crippen LogP contribution in [0.1, 0.15) is 17.8 Å². The number of nitrogens with one attached hydrogen (secondary N) is 1. The topological polar surface area (TPSA) is 33.1 Å². The lowest BCUT2D eigenvalue weighted by molar-refractivity contribution is 0.276. The summed E-state index contributed by atoms with van der Waals surface area (Å²) in [5.41, 5.74) is 2.35. The molecule has 0 amide bonds. The summed E-state index contributed by atoms with van der Waals surface area (Å²) >= 11 is 3.62. The first-order valence-corrected chi connectivity index (χ1v) is 6.59. The number of rotatable bonds is 2. The molecule has 0 aromatic carbocycles. The minimum Gasteiger partial charge on any atom is -0.315 e. The fourth-order valence-corrected chi connectivity index (χ4v) is 2.58. The Morgan fingerprint density at radius 3 is 2.76 bits per heavy atom. The van der Waals surface area contributed by atoms with Gasteiger partial charge in [0, 0.05) is 26.7 Å². The standard InChI is InChI=1S/C11H19BrN4.ClH/c1-9-11(12)10(15(2)14-9)8-16-6-3-4-13-5-7-16;/h13H,3-8H2,1-2H3;1H. The molecule has 0 saturated carbocycles. The molecule has 1 saturated heterocycles. The smallest absolute Gasteiger partial charge is 0.0739 e. The molecule has 1 aromatic rings. The molecule has 0 radical (unpaired) electrons. The van der Waals surface area contributed by atoms with Gasteiger partial charge in [-0.05, 0) is 42.4 Å². The van der Waals surface area contributed by atoms with Crippen molar-refractivity contribution in [2.45, 2.75) is 19.9 Å². The van der Waals surface area contributed by atoms with E-state index in [0.29, 0.717) is 0 Å². The van der Waals surface area contributed by atoms with Gasteiger partial charge in [0.15, 0.2) is 0 Å². The molecule has 17 heavy (non-hydrogen) atoms. The van der Waals surface area contributed by atoms with E-state index in [4.69, 9.17) is 0 Å². The van der Waals surface area contributed by atoms with Crippen molar-refractivity contribution in [1.82, 2.24) is 20.0 Å². The lowest BCUT2D eigenvalue weighted by Gasteiger charge is -2.19. The third kappa shape index (κ3) is 3.68. The first-order valence-electron chi connectivity index (χ1n) is 5.79. The Labute approximate surface area is 117 Å². The molecule has 2 heterocycles. The van der Waals surface area contributed by atoms with Gasteiger partial charge in [0.2, 0.25) is 0 Å². The summed E-state index contributed by atoms with van der Waals surface area (Å²) in [6.45, 7) is 7.55. The van der Waals surface area contributed by atoms with Gasteiger partial charge in [-0.25, -0.2) is 0 Å². The van der Waals surface area contributed by atoms with E-state index in [1.165, 1.54) is 18.7 Å². The molecule has 0 unspecified atom stereocenters. The summed E-state index contributed by atoms with van der Waals surface area (Å²) < 4.78 is 3.14. The van der Waals surface area contributed by atoms with Crippen molar-refractivity contribution in [3.05, 3.63) is 15.9 Å². The SMILES string of the molecule is Cc1nn(C)c(CN2CCCNCC2)c1Br.Cl. The lowest BCUT2D eigenvalue weighted by atomic mass is 10.3. The number of aryl methyl sites for hydroxylation is 2. The van der Waals surface area contributed by atoms with Gasteiger partial charge in [-0.1, -0.05) is 0 Å². The van der Waals surface area contributed by atoms with Crippen LogP contribution in [-0.4, -0.2) is 40.9 Å².